The normalized spacial score (nSPS) is 24.9. The first kappa shape index (κ1) is 15.0. The SMILES string of the molecule is CCC1CCCCN1CCC(NC)C(C)(C)C. The summed E-state index contributed by atoms with van der Waals surface area (Å²) in [6, 6.07) is 1.48. The van der Waals surface area contributed by atoms with E-state index in [4.69, 9.17) is 0 Å². The Labute approximate surface area is 108 Å². The van der Waals surface area contributed by atoms with Crippen molar-refractivity contribution in [3.63, 3.8) is 0 Å². The van der Waals surface area contributed by atoms with E-state index in [9.17, 15) is 0 Å². The molecule has 2 heteroatoms. The molecule has 17 heavy (non-hydrogen) atoms. The van der Waals surface area contributed by atoms with Crippen LogP contribution in [0.15, 0.2) is 0 Å². The van der Waals surface area contributed by atoms with E-state index in [2.05, 4.69) is 45.0 Å². The smallest absolute Gasteiger partial charge is 0.0125 e. The predicted molar refractivity (Wildman–Crippen MR) is 76.4 cm³/mol. The lowest BCUT2D eigenvalue weighted by atomic mass is 9.84. The van der Waals surface area contributed by atoms with Crippen LogP contribution in [0.3, 0.4) is 0 Å². The van der Waals surface area contributed by atoms with Crippen LogP contribution in [0, 0.1) is 5.41 Å². The van der Waals surface area contributed by atoms with E-state index in [1.165, 1.54) is 45.2 Å². The van der Waals surface area contributed by atoms with Crippen LogP contribution in [0.5, 0.6) is 0 Å². The highest BCUT2D eigenvalue weighted by molar-refractivity contribution is 4.82. The Bertz CT molecular complexity index is 207. The van der Waals surface area contributed by atoms with Crippen LogP contribution in [0.2, 0.25) is 0 Å². The Morgan fingerprint density at radius 1 is 1.29 bits per heavy atom. The fourth-order valence-electron chi connectivity index (χ4n) is 3.12. The third-order valence-electron chi connectivity index (χ3n) is 4.32. The number of nitrogens with one attached hydrogen (secondary N) is 1. The zero-order valence-electron chi connectivity index (χ0n) is 12.6. The summed E-state index contributed by atoms with van der Waals surface area (Å²) in [4.78, 5) is 2.72. The molecule has 0 amide bonds. The lowest BCUT2D eigenvalue weighted by Gasteiger charge is -2.38. The molecule has 1 fully saturated rings. The number of nitrogens with zero attached hydrogens (tertiary/aromatic N) is 1. The number of hydrogen-bond donors (Lipinski definition) is 1. The molecule has 1 rings (SSSR count). The molecule has 0 aliphatic carbocycles. The molecule has 1 heterocycles. The molecule has 0 aromatic heterocycles. The van der Waals surface area contributed by atoms with Crippen LogP contribution in [0.25, 0.3) is 0 Å². The van der Waals surface area contributed by atoms with Gasteiger partial charge in [0.2, 0.25) is 0 Å². The second-order valence-electron chi connectivity index (χ2n) is 6.59. The molecule has 0 saturated carbocycles. The van der Waals surface area contributed by atoms with Crippen molar-refractivity contribution in [2.75, 3.05) is 20.1 Å². The van der Waals surface area contributed by atoms with E-state index >= 15 is 0 Å². The van der Waals surface area contributed by atoms with Crippen LogP contribution < -0.4 is 5.32 Å². The quantitative estimate of drug-likeness (QED) is 0.793. The first-order valence-corrected chi connectivity index (χ1v) is 7.40. The third-order valence-corrected chi connectivity index (χ3v) is 4.32. The fourth-order valence-corrected chi connectivity index (χ4v) is 3.12. The maximum atomic E-state index is 3.49. The van der Waals surface area contributed by atoms with Gasteiger partial charge in [-0.1, -0.05) is 34.1 Å². The van der Waals surface area contributed by atoms with Crippen molar-refractivity contribution in [1.82, 2.24) is 10.2 Å². The molecule has 0 aromatic carbocycles. The largest absolute Gasteiger partial charge is 0.316 e. The minimum atomic E-state index is 0.367. The molecule has 102 valence electrons. The Morgan fingerprint density at radius 2 is 2.00 bits per heavy atom. The minimum Gasteiger partial charge on any atom is -0.316 e. The van der Waals surface area contributed by atoms with Crippen molar-refractivity contribution in [2.24, 2.45) is 5.41 Å². The van der Waals surface area contributed by atoms with E-state index in [-0.39, 0.29) is 0 Å². The summed E-state index contributed by atoms with van der Waals surface area (Å²) in [5.74, 6) is 0. The van der Waals surface area contributed by atoms with Crippen LogP contribution in [0.4, 0.5) is 0 Å². The Morgan fingerprint density at radius 3 is 2.53 bits per heavy atom. The van der Waals surface area contributed by atoms with Gasteiger partial charge in [-0.25, -0.2) is 0 Å². The van der Waals surface area contributed by atoms with E-state index in [1.54, 1.807) is 0 Å². The van der Waals surface area contributed by atoms with Gasteiger partial charge in [0.05, 0.1) is 0 Å². The molecule has 2 unspecified atom stereocenters. The first-order valence-electron chi connectivity index (χ1n) is 7.40. The summed E-state index contributed by atoms with van der Waals surface area (Å²) in [7, 11) is 2.10. The molecule has 1 aliphatic heterocycles. The van der Waals surface area contributed by atoms with Gasteiger partial charge in [0, 0.05) is 12.1 Å². The van der Waals surface area contributed by atoms with Crippen LogP contribution in [-0.4, -0.2) is 37.1 Å². The Balaban J connectivity index is 2.42. The topological polar surface area (TPSA) is 15.3 Å². The molecule has 0 bridgehead atoms. The summed E-state index contributed by atoms with van der Waals surface area (Å²) < 4.78 is 0. The Hall–Kier alpha value is -0.0800. The van der Waals surface area contributed by atoms with Crippen molar-refractivity contribution < 1.29 is 0 Å². The van der Waals surface area contributed by atoms with E-state index in [0.29, 0.717) is 11.5 Å². The van der Waals surface area contributed by atoms with Gasteiger partial charge in [0.15, 0.2) is 0 Å². The second kappa shape index (κ2) is 6.75. The third kappa shape index (κ3) is 4.59. The monoisotopic (exact) mass is 240 g/mol. The van der Waals surface area contributed by atoms with Crippen LogP contribution >= 0.6 is 0 Å². The first-order chi connectivity index (χ1) is 7.99. The van der Waals surface area contributed by atoms with Crippen molar-refractivity contribution in [2.45, 2.75) is 71.9 Å². The Kier molecular flexibility index (Phi) is 5.94. The average Bonchev–Trinajstić information content (AvgIpc) is 2.28. The molecule has 2 nitrogen and oxygen atoms in total. The highest BCUT2D eigenvalue weighted by Crippen LogP contribution is 2.24. The molecule has 1 N–H and O–H groups in total. The number of rotatable bonds is 5. The van der Waals surface area contributed by atoms with Crippen molar-refractivity contribution >= 4 is 0 Å². The van der Waals surface area contributed by atoms with E-state index < -0.39 is 0 Å². The number of likely N-dealkylation sites (tertiary alicyclic amines) is 1. The standard InChI is InChI=1S/C15H32N2/c1-6-13-9-7-8-11-17(13)12-10-14(16-5)15(2,3)4/h13-14,16H,6-12H2,1-5H3. The number of hydrogen-bond acceptors (Lipinski definition) is 2. The van der Waals surface area contributed by atoms with E-state index in [0.717, 1.165) is 6.04 Å². The molecule has 0 aromatic rings. The summed E-state index contributed by atoms with van der Waals surface area (Å²) in [5, 5.41) is 3.49. The van der Waals surface area contributed by atoms with Gasteiger partial charge in [-0.3, -0.25) is 0 Å². The van der Waals surface area contributed by atoms with Gasteiger partial charge < -0.3 is 10.2 Å². The predicted octanol–water partition coefficient (Wildman–Crippen LogP) is 3.28. The zero-order chi connectivity index (χ0) is 12.9. The van der Waals surface area contributed by atoms with Crippen molar-refractivity contribution in [3.05, 3.63) is 0 Å². The summed E-state index contributed by atoms with van der Waals surface area (Å²) in [6.07, 6.45) is 6.84. The average molecular weight is 240 g/mol. The maximum absolute atomic E-state index is 3.49. The van der Waals surface area contributed by atoms with Crippen molar-refractivity contribution in [3.8, 4) is 0 Å². The molecule has 1 aliphatic rings. The fraction of sp³-hybridized carbons (Fsp3) is 1.00. The lowest BCUT2D eigenvalue weighted by Crippen LogP contribution is -2.44. The summed E-state index contributed by atoms with van der Waals surface area (Å²) in [5.41, 5.74) is 0.367. The van der Waals surface area contributed by atoms with Crippen LogP contribution in [-0.2, 0) is 0 Å². The van der Waals surface area contributed by atoms with Crippen molar-refractivity contribution in [1.29, 1.82) is 0 Å². The molecular formula is C15H32N2. The molecular weight excluding hydrogens is 208 g/mol. The minimum absolute atomic E-state index is 0.367. The summed E-state index contributed by atoms with van der Waals surface area (Å²) in [6.45, 7) is 11.9. The van der Waals surface area contributed by atoms with Gasteiger partial charge in [-0.15, -0.1) is 0 Å². The second-order valence-corrected chi connectivity index (χ2v) is 6.59. The number of piperidine rings is 1. The van der Waals surface area contributed by atoms with Gasteiger partial charge in [-0.2, -0.15) is 0 Å². The van der Waals surface area contributed by atoms with Gasteiger partial charge in [0.1, 0.15) is 0 Å². The van der Waals surface area contributed by atoms with Gasteiger partial charge >= 0.3 is 0 Å². The van der Waals surface area contributed by atoms with Gasteiger partial charge in [0.25, 0.3) is 0 Å². The highest BCUT2D eigenvalue weighted by atomic mass is 15.2. The molecule has 2 atom stereocenters. The molecule has 0 spiro atoms. The molecule has 0 radical (unpaired) electrons. The van der Waals surface area contributed by atoms with E-state index in [1.807, 2.05) is 0 Å². The zero-order valence-corrected chi connectivity index (χ0v) is 12.6. The lowest BCUT2D eigenvalue weighted by molar-refractivity contribution is 0.126. The summed E-state index contributed by atoms with van der Waals surface area (Å²) >= 11 is 0. The molecule has 1 saturated heterocycles. The maximum Gasteiger partial charge on any atom is 0.0125 e. The van der Waals surface area contributed by atoms with Gasteiger partial charge in [-0.05, 0) is 51.2 Å². The highest BCUT2D eigenvalue weighted by Gasteiger charge is 2.26. The van der Waals surface area contributed by atoms with Crippen LogP contribution in [0.1, 0.15) is 59.8 Å².